The Morgan fingerprint density at radius 1 is 0.921 bits per heavy atom. The summed E-state index contributed by atoms with van der Waals surface area (Å²) in [5.74, 6) is 0.568. The Kier molecular flexibility index (Phi) is 10.0. The summed E-state index contributed by atoms with van der Waals surface area (Å²) in [7, 11) is 1.56. The number of ether oxygens (including phenoxy) is 2. The molecule has 0 aromatic heterocycles. The Hall–Kier alpha value is -3.51. The molecule has 1 aliphatic rings. The van der Waals surface area contributed by atoms with Gasteiger partial charge in [-0.2, -0.15) is 0 Å². The van der Waals surface area contributed by atoms with Crippen LogP contribution in [0.2, 0.25) is 5.02 Å². The van der Waals surface area contributed by atoms with Gasteiger partial charge in [-0.25, -0.2) is 0 Å². The molecule has 0 saturated heterocycles. The van der Waals surface area contributed by atoms with E-state index < -0.39 is 6.04 Å². The minimum atomic E-state index is -0.716. The molecule has 1 aliphatic carbocycles. The zero-order valence-electron chi connectivity index (χ0n) is 21.8. The second kappa shape index (κ2) is 13.9. The van der Waals surface area contributed by atoms with Crippen molar-refractivity contribution >= 4 is 23.4 Å². The third-order valence-corrected chi connectivity index (χ3v) is 7.12. The predicted octanol–water partition coefficient (Wildman–Crippen LogP) is 5.82. The molecule has 6 nitrogen and oxygen atoms in total. The Bertz CT molecular complexity index is 1200. The number of halogens is 1. The number of hydrogen-bond acceptors (Lipinski definition) is 4. The quantitative estimate of drug-likeness (QED) is 0.337. The predicted molar refractivity (Wildman–Crippen MR) is 149 cm³/mol. The second-order valence-corrected chi connectivity index (χ2v) is 10.1. The highest BCUT2D eigenvalue weighted by molar-refractivity contribution is 6.30. The van der Waals surface area contributed by atoms with Crippen LogP contribution in [0.4, 0.5) is 0 Å². The van der Waals surface area contributed by atoms with Crippen molar-refractivity contribution in [1.82, 2.24) is 10.2 Å². The van der Waals surface area contributed by atoms with Crippen molar-refractivity contribution in [3.8, 4) is 11.5 Å². The minimum absolute atomic E-state index is 0.127. The Morgan fingerprint density at radius 3 is 2.32 bits per heavy atom. The van der Waals surface area contributed by atoms with Crippen LogP contribution in [-0.2, 0) is 22.6 Å². The molecule has 4 rings (SSSR count). The van der Waals surface area contributed by atoms with Crippen LogP contribution in [-0.4, -0.2) is 42.5 Å². The van der Waals surface area contributed by atoms with E-state index in [1.54, 1.807) is 30.2 Å². The largest absolute Gasteiger partial charge is 0.493 e. The number of para-hydroxylation sites is 2. The Balaban J connectivity index is 1.62. The molecule has 0 bridgehead atoms. The number of rotatable bonds is 11. The van der Waals surface area contributed by atoms with Gasteiger partial charge in [-0.3, -0.25) is 9.59 Å². The maximum Gasteiger partial charge on any atom is 0.261 e. The first kappa shape index (κ1) is 27.5. The molecular weight excluding hydrogens is 500 g/mol. The summed E-state index contributed by atoms with van der Waals surface area (Å²) in [6.07, 6.45) is 5.71. The number of benzene rings is 3. The van der Waals surface area contributed by atoms with Gasteiger partial charge in [0, 0.05) is 24.0 Å². The summed E-state index contributed by atoms with van der Waals surface area (Å²) in [6.45, 7) is -0.00674. The molecule has 0 heterocycles. The van der Waals surface area contributed by atoms with Gasteiger partial charge < -0.3 is 19.7 Å². The van der Waals surface area contributed by atoms with Gasteiger partial charge in [0.05, 0.1) is 7.11 Å². The average molecular weight is 535 g/mol. The third kappa shape index (κ3) is 7.75. The molecule has 0 radical (unpaired) electrons. The van der Waals surface area contributed by atoms with Gasteiger partial charge in [-0.05, 0) is 48.2 Å². The highest BCUT2D eigenvalue weighted by atomic mass is 35.5. The lowest BCUT2D eigenvalue weighted by atomic mass is 9.94. The first-order valence-corrected chi connectivity index (χ1v) is 13.6. The van der Waals surface area contributed by atoms with Crippen LogP contribution < -0.4 is 14.8 Å². The lowest BCUT2D eigenvalue weighted by Gasteiger charge is -2.33. The van der Waals surface area contributed by atoms with Crippen molar-refractivity contribution in [2.75, 3.05) is 13.7 Å². The number of amides is 2. The maximum absolute atomic E-state index is 13.8. The number of nitrogens with one attached hydrogen (secondary N) is 1. The normalized spacial score (nSPS) is 14.4. The van der Waals surface area contributed by atoms with Crippen LogP contribution in [0.3, 0.4) is 0 Å². The van der Waals surface area contributed by atoms with E-state index in [-0.39, 0.29) is 31.0 Å². The van der Waals surface area contributed by atoms with Crippen LogP contribution in [0.5, 0.6) is 11.5 Å². The Labute approximate surface area is 229 Å². The number of hydrogen-bond donors (Lipinski definition) is 1. The molecule has 0 spiro atoms. The Morgan fingerprint density at radius 2 is 1.61 bits per heavy atom. The molecule has 38 heavy (non-hydrogen) atoms. The van der Waals surface area contributed by atoms with Gasteiger partial charge in [0.15, 0.2) is 18.1 Å². The van der Waals surface area contributed by atoms with Crippen molar-refractivity contribution in [1.29, 1.82) is 0 Å². The molecule has 7 heteroatoms. The highest BCUT2D eigenvalue weighted by Gasteiger charge is 2.32. The summed E-state index contributed by atoms with van der Waals surface area (Å²) in [6, 6.07) is 23.8. The van der Waals surface area contributed by atoms with E-state index in [0.717, 1.165) is 36.8 Å². The van der Waals surface area contributed by atoms with Gasteiger partial charge in [-0.15, -0.1) is 0 Å². The topological polar surface area (TPSA) is 67.9 Å². The smallest absolute Gasteiger partial charge is 0.261 e. The first-order chi connectivity index (χ1) is 18.5. The zero-order valence-corrected chi connectivity index (χ0v) is 22.5. The van der Waals surface area contributed by atoms with Crippen molar-refractivity contribution in [3.05, 3.63) is 95.0 Å². The third-order valence-electron chi connectivity index (χ3n) is 6.88. The summed E-state index contributed by atoms with van der Waals surface area (Å²) in [4.78, 5) is 29.2. The molecule has 3 aromatic rings. The lowest BCUT2D eigenvalue weighted by Crippen LogP contribution is -2.53. The van der Waals surface area contributed by atoms with Crippen LogP contribution >= 0.6 is 11.6 Å². The number of nitrogens with zero attached hydrogens (tertiary/aromatic N) is 1. The summed E-state index contributed by atoms with van der Waals surface area (Å²) in [5.41, 5.74) is 1.82. The zero-order chi connectivity index (χ0) is 26.7. The summed E-state index contributed by atoms with van der Waals surface area (Å²) >= 11 is 6.26. The van der Waals surface area contributed by atoms with Crippen LogP contribution in [0.25, 0.3) is 0 Å². The van der Waals surface area contributed by atoms with Crippen molar-refractivity contribution < 1.29 is 19.1 Å². The van der Waals surface area contributed by atoms with Crippen LogP contribution in [0.15, 0.2) is 78.9 Å². The van der Waals surface area contributed by atoms with Gasteiger partial charge in [-0.1, -0.05) is 85.5 Å². The van der Waals surface area contributed by atoms with E-state index in [1.165, 1.54) is 6.42 Å². The summed E-state index contributed by atoms with van der Waals surface area (Å²) in [5, 5.41) is 3.82. The highest BCUT2D eigenvalue weighted by Crippen LogP contribution is 2.26. The number of methoxy groups -OCH3 is 1. The lowest BCUT2D eigenvalue weighted by molar-refractivity contribution is -0.143. The van der Waals surface area contributed by atoms with Gasteiger partial charge in [0.25, 0.3) is 5.91 Å². The fourth-order valence-corrected chi connectivity index (χ4v) is 5.10. The standard InChI is InChI=1S/C31H35ClN2O4/c1-37-28-17-8-9-18-29(28)38-22-30(35)34(21-24-13-10-14-25(32)19-24)27(20-23-11-4-2-5-12-23)31(36)33-26-15-6-3-7-16-26/h2,4-5,8-14,17-19,26-27H,3,6-7,15-16,20-22H2,1H3,(H,33,36)/t27-/m0/s1. The molecule has 0 unspecified atom stereocenters. The van der Waals surface area contributed by atoms with Crippen molar-refractivity contribution in [2.24, 2.45) is 0 Å². The summed E-state index contributed by atoms with van der Waals surface area (Å²) < 4.78 is 11.3. The molecule has 3 aromatic carbocycles. The van der Waals surface area contributed by atoms with Gasteiger partial charge in [0.1, 0.15) is 6.04 Å². The molecule has 200 valence electrons. The molecule has 1 fully saturated rings. The number of carbonyl (C=O) groups excluding carboxylic acids is 2. The number of carbonyl (C=O) groups is 2. The van der Waals surface area contributed by atoms with Crippen molar-refractivity contribution in [3.63, 3.8) is 0 Å². The van der Waals surface area contributed by atoms with Crippen LogP contribution in [0.1, 0.15) is 43.2 Å². The SMILES string of the molecule is COc1ccccc1OCC(=O)N(Cc1cccc(Cl)c1)[C@@H](Cc1ccccc1)C(=O)NC1CCCCC1. The average Bonchev–Trinajstić information content (AvgIpc) is 2.95. The molecule has 1 N–H and O–H groups in total. The molecule has 0 aliphatic heterocycles. The molecule has 2 amide bonds. The maximum atomic E-state index is 13.8. The molecule has 1 saturated carbocycles. The van der Waals surface area contributed by atoms with E-state index in [9.17, 15) is 9.59 Å². The van der Waals surface area contributed by atoms with Gasteiger partial charge >= 0.3 is 0 Å². The fourth-order valence-electron chi connectivity index (χ4n) is 4.89. The van der Waals surface area contributed by atoms with E-state index in [1.807, 2.05) is 60.7 Å². The first-order valence-electron chi connectivity index (χ1n) is 13.2. The van der Waals surface area contributed by atoms with E-state index in [0.29, 0.717) is 22.9 Å². The minimum Gasteiger partial charge on any atom is -0.493 e. The van der Waals surface area contributed by atoms with E-state index >= 15 is 0 Å². The van der Waals surface area contributed by atoms with Gasteiger partial charge in [0.2, 0.25) is 5.91 Å². The monoisotopic (exact) mass is 534 g/mol. The van der Waals surface area contributed by atoms with Crippen molar-refractivity contribution in [2.45, 2.75) is 57.2 Å². The molecule has 1 atom stereocenters. The molecular formula is C31H35ClN2O4. The van der Waals surface area contributed by atoms with E-state index in [4.69, 9.17) is 21.1 Å². The fraction of sp³-hybridized carbons (Fsp3) is 0.355. The van der Waals surface area contributed by atoms with E-state index in [2.05, 4.69) is 5.32 Å². The van der Waals surface area contributed by atoms with Crippen LogP contribution in [0, 0.1) is 0 Å². The second-order valence-electron chi connectivity index (χ2n) is 9.64.